The van der Waals surface area contributed by atoms with Crippen LogP contribution in [0, 0.1) is 27.7 Å². The Hall–Kier alpha value is -2.49. The Morgan fingerprint density at radius 1 is 0.762 bits per heavy atom. The highest BCUT2D eigenvalue weighted by molar-refractivity contribution is 5.27. The zero-order chi connectivity index (χ0) is 15.2. The smallest absolute Gasteiger partial charge is 0.156 e. The van der Waals surface area contributed by atoms with Crippen LogP contribution < -0.4 is 0 Å². The van der Waals surface area contributed by atoms with Crippen LogP contribution in [0.15, 0.2) is 49.3 Å². The number of aryl methyl sites for hydroxylation is 4. The lowest BCUT2D eigenvalue weighted by Crippen LogP contribution is -1.97. The maximum atomic E-state index is 4.14. The molecule has 0 saturated heterocycles. The first-order chi connectivity index (χ1) is 10.1. The molecule has 108 valence electrons. The summed E-state index contributed by atoms with van der Waals surface area (Å²) in [4.78, 5) is 12.1. The number of nitrogens with zero attached hydrogens (tertiary/aromatic N) is 4. The van der Waals surface area contributed by atoms with Crippen molar-refractivity contribution in [1.29, 1.82) is 0 Å². The van der Waals surface area contributed by atoms with Crippen molar-refractivity contribution in [3.8, 4) is 5.82 Å². The van der Waals surface area contributed by atoms with Crippen molar-refractivity contribution in [3.05, 3.63) is 71.7 Å². The summed E-state index contributed by atoms with van der Waals surface area (Å²) in [6, 6.07) is 6.56. The molecule has 0 aliphatic carbocycles. The van der Waals surface area contributed by atoms with E-state index in [-0.39, 0.29) is 0 Å². The molecule has 2 aromatic heterocycles. The molecule has 4 heteroatoms. The van der Waals surface area contributed by atoms with Gasteiger partial charge < -0.3 is 0 Å². The summed E-state index contributed by atoms with van der Waals surface area (Å²) < 4.78 is 1.88. The molecule has 0 aliphatic heterocycles. The predicted octanol–water partition coefficient (Wildman–Crippen LogP) is 3.58. The van der Waals surface area contributed by atoms with Crippen LogP contribution in [0.1, 0.15) is 22.4 Å². The predicted molar refractivity (Wildman–Crippen MR) is 84.5 cm³/mol. The summed E-state index contributed by atoms with van der Waals surface area (Å²) >= 11 is 0. The van der Waals surface area contributed by atoms with Gasteiger partial charge in [0.25, 0.3) is 0 Å². The molecule has 4 nitrogen and oxygen atoms in total. The van der Waals surface area contributed by atoms with Crippen LogP contribution in [-0.4, -0.2) is 19.5 Å². The third-order valence-electron chi connectivity index (χ3n) is 2.99. The van der Waals surface area contributed by atoms with E-state index in [0.29, 0.717) is 0 Å². The lowest BCUT2D eigenvalue weighted by molar-refractivity contribution is 0.936. The number of benzene rings is 1. The van der Waals surface area contributed by atoms with Crippen molar-refractivity contribution in [3.63, 3.8) is 0 Å². The summed E-state index contributed by atoms with van der Waals surface area (Å²) in [7, 11) is 0. The van der Waals surface area contributed by atoms with E-state index in [2.05, 4.69) is 53.9 Å². The molecule has 0 saturated carbocycles. The molecule has 0 atom stereocenters. The molecular weight excluding hydrogens is 260 g/mol. The third-order valence-corrected chi connectivity index (χ3v) is 2.99. The topological polar surface area (TPSA) is 43.6 Å². The molecule has 1 aromatic carbocycles. The first-order valence-corrected chi connectivity index (χ1v) is 6.86. The third kappa shape index (κ3) is 4.24. The van der Waals surface area contributed by atoms with Crippen molar-refractivity contribution in [2.24, 2.45) is 0 Å². The van der Waals surface area contributed by atoms with Crippen molar-refractivity contribution in [2.45, 2.75) is 27.7 Å². The first kappa shape index (κ1) is 14.9. The molecule has 0 aliphatic rings. The van der Waals surface area contributed by atoms with E-state index in [0.717, 1.165) is 11.5 Å². The van der Waals surface area contributed by atoms with Crippen molar-refractivity contribution in [1.82, 2.24) is 19.5 Å². The monoisotopic (exact) mass is 280 g/mol. The number of imidazole rings is 1. The van der Waals surface area contributed by atoms with Gasteiger partial charge in [-0.15, -0.1) is 0 Å². The minimum absolute atomic E-state index is 0.799. The SMILES string of the molecule is Cc1cc(C)cc(C)c1.Cc1cncn1-c1cnccn1. The fourth-order valence-corrected chi connectivity index (χ4v) is 2.22. The van der Waals surface area contributed by atoms with Crippen molar-refractivity contribution < 1.29 is 0 Å². The van der Waals surface area contributed by atoms with Gasteiger partial charge in [0.2, 0.25) is 0 Å². The van der Waals surface area contributed by atoms with Crippen molar-refractivity contribution in [2.75, 3.05) is 0 Å². The lowest BCUT2D eigenvalue weighted by atomic mass is 10.1. The molecule has 0 spiro atoms. The van der Waals surface area contributed by atoms with Gasteiger partial charge in [0.1, 0.15) is 6.33 Å². The number of hydrogen-bond acceptors (Lipinski definition) is 3. The van der Waals surface area contributed by atoms with Crippen LogP contribution in [0.2, 0.25) is 0 Å². The highest BCUT2D eigenvalue weighted by Gasteiger charge is 1.98. The molecule has 0 fully saturated rings. The Morgan fingerprint density at radius 3 is 1.81 bits per heavy atom. The zero-order valence-electron chi connectivity index (χ0n) is 12.9. The van der Waals surface area contributed by atoms with Gasteiger partial charge in [0, 0.05) is 24.3 Å². The van der Waals surface area contributed by atoms with E-state index in [1.54, 1.807) is 31.1 Å². The molecule has 3 rings (SSSR count). The maximum absolute atomic E-state index is 4.14. The van der Waals surface area contributed by atoms with E-state index in [4.69, 9.17) is 0 Å². The minimum atomic E-state index is 0.799. The summed E-state index contributed by atoms with van der Waals surface area (Å²) in [6.45, 7) is 8.35. The molecule has 3 aromatic rings. The van der Waals surface area contributed by atoms with Gasteiger partial charge in [-0.25, -0.2) is 9.97 Å². The Balaban J connectivity index is 0.000000161. The number of rotatable bonds is 1. The summed E-state index contributed by atoms with van der Waals surface area (Å²) in [5, 5.41) is 0. The van der Waals surface area contributed by atoms with E-state index >= 15 is 0 Å². The van der Waals surface area contributed by atoms with Gasteiger partial charge in [-0.1, -0.05) is 34.9 Å². The number of aromatic nitrogens is 4. The molecule has 0 radical (unpaired) electrons. The molecule has 0 unspecified atom stereocenters. The Morgan fingerprint density at radius 2 is 1.38 bits per heavy atom. The Kier molecular flexibility index (Phi) is 4.82. The summed E-state index contributed by atoms with van der Waals surface area (Å²) in [6.07, 6.45) is 8.52. The van der Waals surface area contributed by atoms with E-state index in [1.165, 1.54) is 16.7 Å². The second-order valence-corrected chi connectivity index (χ2v) is 5.13. The highest BCUT2D eigenvalue weighted by Crippen LogP contribution is 2.06. The molecule has 0 bridgehead atoms. The summed E-state index contributed by atoms with van der Waals surface area (Å²) in [5.41, 5.74) is 5.11. The van der Waals surface area contributed by atoms with Gasteiger partial charge in [-0.3, -0.25) is 9.55 Å². The summed E-state index contributed by atoms with van der Waals surface area (Å²) in [5.74, 6) is 0.799. The molecule has 0 amide bonds. The molecule has 0 N–H and O–H groups in total. The highest BCUT2D eigenvalue weighted by atomic mass is 15.1. The van der Waals surface area contributed by atoms with Crippen molar-refractivity contribution >= 4 is 0 Å². The van der Waals surface area contributed by atoms with Crippen LogP contribution in [0.5, 0.6) is 0 Å². The van der Waals surface area contributed by atoms with E-state index in [1.807, 2.05) is 11.5 Å². The molecule has 21 heavy (non-hydrogen) atoms. The lowest BCUT2D eigenvalue weighted by Gasteiger charge is -2.00. The zero-order valence-corrected chi connectivity index (χ0v) is 12.9. The second-order valence-electron chi connectivity index (χ2n) is 5.13. The van der Waals surface area contributed by atoms with Gasteiger partial charge in [0.15, 0.2) is 5.82 Å². The maximum Gasteiger partial charge on any atom is 0.156 e. The quantitative estimate of drug-likeness (QED) is 0.684. The fraction of sp³-hybridized carbons (Fsp3) is 0.235. The van der Waals surface area contributed by atoms with Gasteiger partial charge in [-0.05, 0) is 27.7 Å². The Bertz CT molecular complexity index is 651. The Labute approximate surface area is 125 Å². The standard InChI is InChI=1S/C9H12.C8H8N4/c1-7-4-8(2)6-9(3)5-7;1-7-4-10-6-12(7)8-5-9-2-3-11-8/h4-6H,1-3H3;2-6H,1H3. The molecular formula is C17H20N4. The van der Waals surface area contributed by atoms with E-state index < -0.39 is 0 Å². The molecule has 2 heterocycles. The first-order valence-electron chi connectivity index (χ1n) is 6.86. The average molecular weight is 280 g/mol. The largest absolute Gasteiger partial charge is 0.286 e. The minimum Gasteiger partial charge on any atom is -0.286 e. The van der Waals surface area contributed by atoms with Gasteiger partial charge >= 0.3 is 0 Å². The van der Waals surface area contributed by atoms with Crippen LogP contribution in [0.4, 0.5) is 0 Å². The fourth-order valence-electron chi connectivity index (χ4n) is 2.22. The van der Waals surface area contributed by atoms with Gasteiger partial charge in [-0.2, -0.15) is 0 Å². The van der Waals surface area contributed by atoms with Crippen LogP contribution in [0.3, 0.4) is 0 Å². The second kappa shape index (κ2) is 6.79. The van der Waals surface area contributed by atoms with E-state index in [9.17, 15) is 0 Å². The van der Waals surface area contributed by atoms with Gasteiger partial charge in [0.05, 0.1) is 6.20 Å². The van der Waals surface area contributed by atoms with Crippen LogP contribution in [-0.2, 0) is 0 Å². The average Bonchev–Trinajstić information content (AvgIpc) is 2.85. The normalized spacial score (nSPS) is 9.90. The number of hydrogen-bond donors (Lipinski definition) is 0. The van der Waals surface area contributed by atoms with Crippen LogP contribution in [0.25, 0.3) is 5.82 Å². The van der Waals surface area contributed by atoms with Crippen LogP contribution >= 0.6 is 0 Å².